The molecule has 0 amide bonds. The summed E-state index contributed by atoms with van der Waals surface area (Å²) < 4.78 is 29.7. The van der Waals surface area contributed by atoms with Crippen molar-refractivity contribution in [3.8, 4) is 0 Å². The number of halogens is 1. The average Bonchev–Trinajstić information content (AvgIpc) is 2.91. The molecule has 21 heavy (non-hydrogen) atoms. The number of nitrogens with zero attached hydrogens (tertiary/aromatic N) is 1. The van der Waals surface area contributed by atoms with Gasteiger partial charge in [0.25, 0.3) is 0 Å². The first kappa shape index (κ1) is 16.2. The topological polar surface area (TPSA) is 71.3 Å². The van der Waals surface area contributed by atoms with Crippen molar-refractivity contribution in [1.29, 1.82) is 0 Å². The Morgan fingerprint density at radius 3 is 2.48 bits per heavy atom. The van der Waals surface area contributed by atoms with Gasteiger partial charge in [-0.1, -0.05) is 28.1 Å². The minimum atomic E-state index is -3.58. The van der Waals surface area contributed by atoms with E-state index in [2.05, 4.69) is 20.7 Å². The number of rotatable bonds is 6. The second-order valence-electron chi connectivity index (χ2n) is 4.56. The Bertz CT molecular complexity index is 687. The van der Waals surface area contributed by atoms with Crippen molar-refractivity contribution < 1.29 is 13.5 Å². The van der Waals surface area contributed by atoms with Gasteiger partial charge in [0.15, 0.2) is 0 Å². The Morgan fingerprint density at radius 2 is 1.95 bits per heavy atom. The molecule has 2 N–H and O–H groups in total. The normalized spacial score (nSPS) is 11.8. The molecule has 0 saturated carbocycles. The summed E-state index contributed by atoms with van der Waals surface area (Å²) in [7, 11) is -3.58. The van der Waals surface area contributed by atoms with Gasteiger partial charge in [0.2, 0.25) is 10.0 Å². The van der Waals surface area contributed by atoms with E-state index in [1.54, 1.807) is 4.57 Å². The fourth-order valence-corrected chi connectivity index (χ4v) is 3.31. The third-order valence-corrected chi connectivity index (χ3v) is 5.05. The summed E-state index contributed by atoms with van der Waals surface area (Å²) in [5.74, 6) is 0. The van der Waals surface area contributed by atoms with Crippen molar-refractivity contribution in [2.45, 2.75) is 31.5 Å². The van der Waals surface area contributed by atoms with Crippen molar-refractivity contribution in [1.82, 2.24) is 9.29 Å². The molecule has 0 unspecified atom stereocenters. The predicted octanol–water partition coefficient (Wildman–Crippen LogP) is 2.24. The van der Waals surface area contributed by atoms with Crippen molar-refractivity contribution in [2.75, 3.05) is 0 Å². The van der Waals surface area contributed by atoms with Crippen LogP contribution in [0.1, 0.15) is 18.2 Å². The Hall–Kier alpha value is -1.15. The molecular weight excluding hydrogens is 356 g/mol. The summed E-state index contributed by atoms with van der Waals surface area (Å²) in [6, 6.07) is 8.92. The molecule has 0 spiro atoms. The fourth-order valence-electron chi connectivity index (χ4n) is 1.96. The molecule has 1 aromatic heterocycles. The van der Waals surface area contributed by atoms with Gasteiger partial charge in [0, 0.05) is 29.5 Å². The first-order chi connectivity index (χ1) is 9.96. The van der Waals surface area contributed by atoms with Crippen molar-refractivity contribution in [3.63, 3.8) is 0 Å². The van der Waals surface area contributed by atoms with Crippen LogP contribution in [-0.4, -0.2) is 18.1 Å². The zero-order valence-electron chi connectivity index (χ0n) is 11.6. The lowest BCUT2D eigenvalue weighted by Gasteiger charge is -2.05. The molecule has 0 aliphatic rings. The SMILES string of the molecule is CCn1cc(S(=O)(=O)NCc2ccc(Br)cc2)cc1CO. The number of aryl methyl sites for hydroxylation is 1. The zero-order chi connectivity index (χ0) is 15.5. The average molecular weight is 373 g/mol. The van der Waals surface area contributed by atoms with Gasteiger partial charge in [-0.3, -0.25) is 0 Å². The smallest absolute Gasteiger partial charge is 0.242 e. The number of benzene rings is 1. The van der Waals surface area contributed by atoms with E-state index in [1.165, 1.54) is 12.3 Å². The van der Waals surface area contributed by atoms with Crippen molar-refractivity contribution >= 4 is 26.0 Å². The summed E-state index contributed by atoms with van der Waals surface area (Å²) in [4.78, 5) is 0.172. The molecular formula is C14H17BrN2O3S. The summed E-state index contributed by atoms with van der Waals surface area (Å²) in [6.45, 7) is 2.54. The first-order valence-electron chi connectivity index (χ1n) is 6.50. The lowest BCUT2D eigenvalue weighted by atomic mass is 10.2. The van der Waals surface area contributed by atoms with Crippen LogP contribution in [0, 0.1) is 0 Å². The van der Waals surface area contributed by atoms with Crippen LogP contribution in [-0.2, 0) is 29.7 Å². The monoisotopic (exact) mass is 372 g/mol. The zero-order valence-corrected chi connectivity index (χ0v) is 14.0. The van der Waals surface area contributed by atoms with Gasteiger partial charge in [-0.15, -0.1) is 0 Å². The van der Waals surface area contributed by atoms with Crippen LogP contribution in [0.4, 0.5) is 0 Å². The van der Waals surface area contributed by atoms with Gasteiger partial charge >= 0.3 is 0 Å². The van der Waals surface area contributed by atoms with Crippen LogP contribution >= 0.6 is 15.9 Å². The van der Waals surface area contributed by atoms with Gasteiger partial charge in [0.05, 0.1) is 11.5 Å². The van der Waals surface area contributed by atoms with Crippen LogP contribution in [0.5, 0.6) is 0 Å². The molecule has 0 fully saturated rings. The van der Waals surface area contributed by atoms with E-state index in [0.29, 0.717) is 12.2 Å². The van der Waals surface area contributed by atoms with Gasteiger partial charge in [-0.25, -0.2) is 13.1 Å². The number of aromatic nitrogens is 1. The second-order valence-corrected chi connectivity index (χ2v) is 7.24. The summed E-state index contributed by atoms with van der Waals surface area (Å²) >= 11 is 3.33. The van der Waals surface area contributed by atoms with Crippen LogP contribution in [0.25, 0.3) is 0 Å². The number of nitrogens with one attached hydrogen (secondary N) is 1. The Balaban J connectivity index is 2.14. The molecule has 1 aromatic carbocycles. The van der Waals surface area contributed by atoms with Crippen LogP contribution in [0.3, 0.4) is 0 Å². The summed E-state index contributed by atoms with van der Waals surface area (Å²) in [6.07, 6.45) is 1.54. The lowest BCUT2D eigenvalue weighted by molar-refractivity contribution is 0.271. The highest BCUT2D eigenvalue weighted by atomic mass is 79.9. The van der Waals surface area contributed by atoms with Crippen molar-refractivity contribution in [2.24, 2.45) is 0 Å². The Morgan fingerprint density at radius 1 is 1.29 bits per heavy atom. The highest BCUT2D eigenvalue weighted by Gasteiger charge is 2.17. The molecule has 2 aromatic rings. The minimum Gasteiger partial charge on any atom is -0.390 e. The fraction of sp³-hybridized carbons (Fsp3) is 0.286. The molecule has 2 rings (SSSR count). The molecule has 0 bridgehead atoms. The van der Waals surface area contributed by atoms with Crippen molar-refractivity contribution in [3.05, 3.63) is 52.3 Å². The summed E-state index contributed by atoms with van der Waals surface area (Å²) in [5.41, 5.74) is 1.46. The molecule has 0 atom stereocenters. The molecule has 0 aliphatic heterocycles. The van der Waals surface area contributed by atoms with E-state index in [4.69, 9.17) is 0 Å². The van der Waals surface area contributed by atoms with E-state index in [9.17, 15) is 13.5 Å². The Kier molecular flexibility index (Phi) is 5.21. The van der Waals surface area contributed by atoms with E-state index < -0.39 is 10.0 Å². The number of hydrogen-bond donors (Lipinski definition) is 2. The van der Waals surface area contributed by atoms with Gasteiger partial charge in [-0.2, -0.15) is 0 Å². The largest absolute Gasteiger partial charge is 0.390 e. The number of hydrogen-bond acceptors (Lipinski definition) is 3. The van der Waals surface area contributed by atoms with E-state index >= 15 is 0 Å². The molecule has 0 radical (unpaired) electrons. The van der Waals surface area contributed by atoms with E-state index in [-0.39, 0.29) is 18.0 Å². The number of aliphatic hydroxyl groups is 1. The number of aliphatic hydroxyl groups excluding tert-OH is 1. The molecule has 1 heterocycles. The van der Waals surface area contributed by atoms with E-state index in [0.717, 1.165) is 10.0 Å². The third kappa shape index (κ3) is 3.94. The van der Waals surface area contributed by atoms with Crippen LogP contribution in [0.2, 0.25) is 0 Å². The second kappa shape index (κ2) is 6.74. The minimum absolute atomic E-state index is 0.172. The predicted molar refractivity (Wildman–Crippen MR) is 84.2 cm³/mol. The molecule has 0 aliphatic carbocycles. The maximum absolute atomic E-state index is 12.3. The van der Waals surface area contributed by atoms with Crippen LogP contribution in [0.15, 0.2) is 45.9 Å². The van der Waals surface area contributed by atoms with Gasteiger partial charge < -0.3 is 9.67 Å². The van der Waals surface area contributed by atoms with Crippen LogP contribution < -0.4 is 4.72 Å². The highest BCUT2D eigenvalue weighted by Crippen LogP contribution is 2.16. The molecule has 7 heteroatoms. The number of sulfonamides is 1. The maximum Gasteiger partial charge on any atom is 0.242 e. The van der Waals surface area contributed by atoms with E-state index in [1.807, 2.05) is 31.2 Å². The lowest BCUT2D eigenvalue weighted by Crippen LogP contribution is -2.22. The Labute approximate surface area is 132 Å². The molecule has 0 saturated heterocycles. The summed E-state index contributed by atoms with van der Waals surface area (Å²) in [5, 5.41) is 9.22. The molecule has 114 valence electrons. The maximum atomic E-state index is 12.3. The van der Waals surface area contributed by atoms with Gasteiger partial charge in [-0.05, 0) is 30.7 Å². The third-order valence-electron chi connectivity index (χ3n) is 3.15. The highest BCUT2D eigenvalue weighted by molar-refractivity contribution is 9.10. The standard InChI is InChI=1S/C14H17BrN2O3S/c1-2-17-9-14(7-13(17)10-18)21(19,20)16-8-11-3-5-12(15)6-4-11/h3-7,9,16,18H,2,8,10H2,1H3. The van der Waals surface area contributed by atoms with Gasteiger partial charge in [0.1, 0.15) is 0 Å². The quantitative estimate of drug-likeness (QED) is 0.816. The first-order valence-corrected chi connectivity index (χ1v) is 8.78. The molecule has 5 nitrogen and oxygen atoms in total.